The monoisotopic (exact) mass is 307 g/mol. The van der Waals surface area contributed by atoms with Gasteiger partial charge in [-0.2, -0.15) is 0 Å². The molecule has 2 aromatic heterocycles. The van der Waals surface area contributed by atoms with Crippen molar-refractivity contribution in [1.82, 2.24) is 15.0 Å². The first-order valence-electron chi connectivity index (χ1n) is 7.34. The Labute approximate surface area is 136 Å². The molecule has 0 saturated heterocycles. The van der Waals surface area contributed by atoms with Crippen LogP contribution in [0, 0.1) is 19.3 Å². The van der Waals surface area contributed by atoms with Gasteiger partial charge in [0.2, 0.25) is 0 Å². The minimum absolute atomic E-state index is 0.386. The molecule has 23 heavy (non-hydrogen) atoms. The molecule has 0 aromatic carbocycles. The normalized spacial score (nSPS) is 10.2. The topological polar surface area (TPSA) is 74.6 Å². The zero-order chi connectivity index (χ0) is 17.0. The van der Waals surface area contributed by atoms with E-state index in [1.807, 2.05) is 26.8 Å². The Morgan fingerprint density at radius 1 is 1.30 bits per heavy atom. The lowest BCUT2D eigenvalue weighted by Crippen LogP contribution is -2.11. The van der Waals surface area contributed by atoms with Crippen LogP contribution in [-0.4, -0.2) is 27.2 Å². The number of hydrogen-bond donors (Lipinski definition) is 2. The third-order valence-electron chi connectivity index (χ3n) is 3.40. The average Bonchev–Trinajstić information content (AvgIpc) is 2.53. The Hall–Kier alpha value is -2.82. The second kappa shape index (κ2) is 6.96. The molecule has 5 heteroatoms. The number of pyridine rings is 1. The molecule has 0 aliphatic carbocycles. The largest absolute Gasteiger partial charge is 0.380 e. The highest BCUT2D eigenvalue weighted by Crippen LogP contribution is 2.27. The SMILES string of the molecule is C=CCNc1c(C(=N)C(=C)C)cc(-c2cnc(C)nc2)nc1C. The molecule has 2 N–H and O–H groups in total. The Bertz CT molecular complexity index is 760. The van der Waals surface area contributed by atoms with Crippen molar-refractivity contribution in [3.63, 3.8) is 0 Å². The maximum absolute atomic E-state index is 8.33. The van der Waals surface area contributed by atoms with E-state index in [2.05, 4.69) is 33.4 Å². The summed E-state index contributed by atoms with van der Waals surface area (Å²) in [6.45, 7) is 13.8. The molecule has 0 unspecified atom stereocenters. The van der Waals surface area contributed by atoms with Crippen LogP contribution in [0.1, 0.15) is 24.0 Å². The zero-order valence-electron chi connectivity index (χ0n) is 13.8. The van der Waals surface area contributed by atoms with Crippen molar-refractivity contribution in [3.05, 3.63) is 60.3 Å². The molecule has 5 nitrogen and oxygen atoms in total. The highest BCUT2D eigenvalue weighted by Gasteiger charge is 2.15. The van der Waals surface area contributed by atoms with E-state index in [0.717, 1.165) is 28.2 Å². The number of nitrogens with zero attached hydrogens (tertiary/aromatic N) is 3. The van der Waals surface area contributed by atoms with Gasteiger partial charge in [-0.1, -0.05) is 12.7 Å². The quantitative estimate of drug-likeness (QED) is 0.630. The molecule has 0 saturated carbocycles. The molecule has 0 radical (unpaired) electrons. The number of rotatable bonds is 6. The summed E-state index contributed by atoms with van der Waals surface area (Å²) in [5.41, 5.74) is 5.06. The first kappa shape index (κ1) is 16.5. The van der Waals surface area contributed by atoms with Crippen LogP contribution in [0.4, 0.5) is 5.69 Å². The van der Waals surface area contributed by atoms with Crippen LogP contribution in [0.25, 0.3) is 11.3 Å². The van der Waals surface area contributed by atoms with Gasteiger partial charge in [0.25, 0.3) is 0 Å². The number of anilines is 1. The molecule has 2 aromatic rings. The molecule has 0 bridgehead atoms. The van der Waals surface area contributed by atoms with Gasteiger partial charge in [-0.05, 0) is 32.4 Å². The molecule has 0 aliphatic rings. The predicted molar refractivity (Wildman–Crippen MR) is 95.1 cm³/mol. The Morgan fingerprint density at radius 2 is 1.96 bits per heavy atom. The summed E-state index contributed by atoms with van der Waals surface area (Å²) in [6.07, 6.45) is 5.26. The molecule has 118 valence electrons. The van der Waals surface area contributed by atoms with Gasteiger partial charge in [0.15, 0.2) is 0 Å². The van der Waals surface area contributed by atoms with Gasteiger partial charge in [-0.15, -0.1) is 6.58 Å². The summed E-state index contributed by atoms with van der Waals surface area (Å²) in [7, 11) is 0. The van der Waals surface area contributed by atoms with E-state index in [1.165, 1.54) is 0 Å². The van der Waals surface area contributed by atoms with Gasteiger partial charge >= 0.3 is 0 Å². The summed E-state index contributed by atoms with van der Waals surface area (Å²) >= 11 is 0. The maximum Gasteiger partial charge on any atom is 0.125 e. The number of hydrogen-bond acceptors (Lipinski definition) is 5. The summed E-state index contributed by atoms with van der Waals surface area (Å²) in [5.74, 6) is 0.713. The fourth-order valence-electron chi connectivity index (χ4n) is 2.17. The van der Waals surface area contributed by atoms with Crippen LogP contribution < -0.4 is 5.32 Å². The van der Waals surface area contributed by atoms with Gasteiger partial charge in [-0.25, -0.2) is 9.97 Å². The fraction of sp³-hybridized carbons (Fsp3) is 0.222. The minimum atomic E-state index is 0.386. The second-order valence-corrected chi connectivity index (χ2v) is 5.36. The molecule has 0 aliphatic heterocycles. The van der Waals surface area contributed by atoms with Gasteiger partial charge < -0.3 is 5.32 Å². The van der Waals surface area contributed by atoms with Crippen LogP contribution in [0.15, 0.2) is 43.3 Å². The lowest BCUT2D eigenvalue weighted by atomic mass is 10.00. The molecule has 0 fully saturated rings. The highest BCUT2D eigenvalue weighted by atomic mass is 14.9. The maximum atomic E-state index is 8.33. The zero-order valence-corrected chi connectivity index (χ0v) is 13.8. The lowest BCUT2D eigenvalue weighted by molar-refractivity contribution is 1.05. The van der Waals surface area contributed by atoms with Crippen LogP contribution >= 0.6 is 0 Å². The molecule has 2 heterocycles. The molecule has 0 amide bonds. The van der Waals surface area contributed by atoms with Crippen LogP contribution in [0.2, 0.25) is 0 Å². The van der Waals surface area contributed by atoms with Crippen LogP contribution in [-0.2, 0) is 0 Å². The van der Waals surface area contributed by atoms with E-state index in [0.29, 0.717) is 23.7 Å². The first-order chi connectivity index (χ1) is 10.9. The highest BCUT2D eigenvalue weighted by molar-refractivity contribution is 6.13. The summed E-state index contributed by atoms with van der Waals surface area (Å²) in [6, 6.07) is 1.88. The summed E-state index contributed by atoms with van der Waals surface area (Å²) in [4.78, 5) is 13.1. The van der Waals surface area contributed by atoms with Crippen molar-refractivity contribution in [1.29, 1.82) is 5.41 Å². The number of aromatic nitrogens is 3. The van der Waals surface area contributed by atoms with E-state index in [4.69, 9.17) is 5.41 Å². The second-order valence-electron chi connectivity index (χ2n) is 5.36. The van der Waals surface area contributed by atoms with Gasteiger partial charge in [-0.3, -0.25) is 10.4 Å². The minimum Gasteiger partial charge on any atom is -0.380 e. The van der Waals surface area contributed by atoms with E-state index in [-0.39, 0.29) is 0 Å². The Balaban J connectivity index is 2.59. The number of aryl methyl sites for hydroxylation is 2. The third kappa shape index (κ3) is 3.69. The van der Waals surface area contributed by atoms with Crippen molar-refractivity contribution in [3.8, 4) is 11.3 Å². The predicted octanol–water partition coefficient (Wildman–Crippen LogP) is 3.70. The third-order valence-corrected chi connectivity index (χ3v) is 3.40. The van der Waals surface area contributed by atoms with Gasteiger partial charge in [0.1, 0.15) is 5.82 Å². The average molecular weight is 307 g/mol. The lowest BCUT2D eigenvalue weighted by Gasteiger charge is -2.16. The van der Waals surface area contributed by atoms with Crippen molar-refractivity contribution < 1.29 is 0 Å². The molecule has 0 atom stereocenters. The van der Waals surface area contributed by atoms with Crippen molar-refractivity contribution >= 4 is 11.4 Å². The van der Waals surface area contributed by atoms with E-state index >= 15 is 0 Å². The Morgan fingerprint density at radius 3 is 2.52 bits per heavy atom. The standard InChI is InChI=1S/C18H21N5/c1-6-7-20-18-12(4)23-16(8-15(18)17(19)11(2)3)14-9-21-13(5)22-10-14/h6,8-10,19-20H,1-2,7H2,3-5H3. The first-order valence-corrected chi connectivity index (χ1v) is 7.34. The van der Waals surface area contributed by atoms with E-state index < -0.39 is 0 Å². The van der Waals surface area contributed by atoms with Crippen LogP contribution in [0.5, 0.6) is 0 Å². The molecule has 2 rings (SSSR count). The van der Waals surface area contributed by atoms with Crippen molar-refractivity contribution in [2.75, 3.05) is 11.9 Å². The van der Waals surface area contributed by atoms with Crippen molar-refractivity contribution in [2.45, 2.75) is 20.8 Å². The van der Waals surface area contributed by atoms with Gasteiger partial charge in [0.05, 0.1) is 22.8 Å². The molecular weight excluding hydrogens is 286 g/mol. The smallest absolute Gasteiger partial charge is 0.125 e. The molecular formula is C18H21N5. The molecule has 0 spiro atoms. The summed E-state index contributed by atoms with van der Waals surface area (Å²) < 4.78 is 0. The van der Waals surface area contributed by atoms with Crippen LogP contribution in [0.3, 0.4) is 0 Å². The van der Waals surface area contributed by atoms with E-state index in [1.54, 1.807) is 18.5 Å². The fourth-order valence-corrected chi connectivity index (χ4v) is 2.17. The van der Waals surface area contributed by atoms with Gasteiger partial charge in [0, 0.05) is 30.1 Å². The Kier molecular flexibility index (Phi) is 5.01. The summed E-state index contributed by atoms with van der Waals surface area (Å²) in [5, 5.41) is 11.6. The van der Waals surface area contributed by atoms with E-state index in [9.17, 15) is 0 Å². The van der Waals surface area contributed by atoms with Crippen molar-refractivity contribution in [2.24, 2.45) is 0 Å². The number of allylic oxidation sites excluding steroid dienone is 1. The number of nitrogens with one attached hydrogen (secondary N) is 2.